The fraction of sp³-hybridized carbons (Fsp3) is 0.538. The minimum absolute atomic E-state index is 0.261. The van der Waals surface area contributed by atoms with E-state index in [1.807, 2.05) is 6.07 Å². The third-order valence-electron chi connectivity index (χ3n) is 3.25. The lowest BCUT2D eigenvalue weighted by atomic mass is 9.90. The number of nitrogens with one attached hydrogen (secondary N) is 1. The molecule has 4 heteroatoms. The molecular formula is C13H17BrFNO. The second kappa shape index (κ2) is 5.94. The van der Waals surface area contributed by atoms with Crippen LogP contribution in [0.2, 0.25) is 0 Å². The zero-order chi connectivity index (χ0) is 12.3. The molecule has 2 nitrogen and oxygen atoms in total. The molecule has 1 aromatic carbocycles. The summed E-state index contributed by atoms with van der Waals surface area (Å²) in [6.45, 7) is 1.90. The Morgan fingerprint density at radius 3 is 2.94 bits per heavy atom. The van der Waals surface area contributed by atoms with E-state index in [-0.39, 0.29) is 11.7 Å². The van der Waals surface area contributed by atoms with Gasteiger partial charge in [-0.05, 0) is 55.5 Å². The maximum Gasteiger partial charge on any atom is 0.124 e. The lowest BCUT2D eigenvalue weighted by Crippen LogP contribution is -2.37. The molecule has 0 spiro atoms. The van der Waals surface area contributed by atoms with Gasteiger partial charge in [-0.1, -0.05) is 15.9 Å². The number of halogens is 2. The number of aliphatic hydroxyl groups is 1. The van der Waals surface area contributed by atoms with E-state index in [1.54, 1.807) is 0 Å². The van der Waals surface area contributed by atoms with Crippen LogP contribution >= 0.6 is 15.9 Å². The van der Waals surface area contributed by atoms with E-state index in [1.165, 1.54) is 12.1 Å². The lowest BCUT2D eigenvalue weighted by Gasteiger charge is -2.27. The lowest BCUT2D eigenvalue weighted by molar-refractivity contribution is 0.0921. The maximum absolute atomic E-state index is 13.2. The van der Waals surface area contributed by atoms with E-state index in [4.69, 9.17) is 0 Å². The van der Waals surface area contributed by atoms with E-state index in [2.05, 4.69) is 21.2 Å². The van der Waals surface area contributed by atoms with Crippen molar-refractivity contribution in [2.45, 2.75) is 25.4 Å². The van der Waals surface area contributed by atoms with Gasteiger partial charge in [-0.15, -0.1) is 0 Å². The summed E-state index contributed by atoms with van der Waals surface area (Å²) in [4.78, 5) is 0. The van der Waals surface area contributed by atoms with Crippen molar-refractivity contribution in [3.05, 3.63) is 34.1 Å². The predicted octanol–water partition coefficient (Wildman–Crippen LogP) is 2.49. The molecule has 1 saturated heterocycles. The Labute approximate surface area is 109 Å². The van der Waals surface area contributed by atoms with Crippen LogP contribution in [0.4, 0.5) is 4.39 Å². The van der Waals surface area contributed by atoms with E-state index in [0.717, 1.165) is 36.0 Å². The van der Waals surface area contributed by atoms with Gasteiger partial charge in [0.25, 0.3) is 0 Å². The molecule has 1 heterocycles. The molecule has 2 atom stereocenters. The van der Waals surface area contributed by atoms with Crippen LogP contribution in [0.5, 0.6) is 0 Å². The molecule has 0 saturated carbocycles. The van der Waals surface area contributed by atoms with Crippen LogP contribution < -0.4 is 5.32 Å². The molecule has 94 valence electrons. The molecule has 1 aliphatic rings. The van der Waals surface area contributed by atoms with Crippen LogP contribution in [-0.2, 0) is 6.42 Å². The fourth-order valence-electron chi connectivity index (χ4n) is 2.34. The first-order chi connectivity index (χ1) is 8.15. The zero-order valence-corrected chi connectivity index (χ0v) is 11.2. The zero-order valence-electron chi connectivity index (χ0n) is 9.63. The standard InChI is InChI=1S/C13H17BrFNO/c14-11-4-9(5-12(15)7-11)6-13(17)10-2-1-3-16-8-10/h4-5,7,10,13,16-17H,1-3,6,8H2. The molecule has 0 aromatic heterocycles. The number of benzene rings is 1. The molecule has 0 aliphatic carbocycles. The SMILES string of the molecule is OC(Cc1cc(F)cc(Br)c1)C1CCCNC1. The van der Waals surface area contributed by atoms with Gasteiger partial charge < -0.3 is 10.4 Å². The van der Waals surface area contributed by atoms with Gasteiger partial charge in [-0.2, -0.15) is 0 Å². The van der Waals surface area contributed by atoms with E-state index in [0.29, 0.717) is 6.42 Å². The predicted molar refractivity (Wildman–Crippen MR) is 69.4 cm³/mol. The Morgan fingerprint density at radius 2 is 2.29 bits per heavy atom. The molecule has 17 heavy (non-hydrogen) atoms. The Hall–Kier alpha value is -0.450. The molecule has 1 fully saturated rings. The normalized spacial score (nSPS) is 22.4. The first-order valence-electron chi connectivity index (χ1n) is 5.99. The highest BCUT2D eigenvalue weighted by Crippen LogP contribution is 2.21. The topological polar surface area (TPSA) is 32.3 Å². The van der Waals surface area contributed by atoms with Gasteiger partial charge in [-0.25, -0.2) is 4.39 Å². The van der Waals surface area contributed by atoms with Crippen LogP contribution in [-0.4, -0.2) is 24.3 Å². The van der Waals surface area contributed by atoms with Crippen LogP contribution in [0.3, 0.4) is 0 Å². The molecule has 2 N–H and O–H groups in total. The fourth-order valence-corrected chi connectivity index (χ4v) is 2.86. The van der Waals surface area contributed by atoms with Crippen molar-refractivity contribution in [2.75, 3.05) is 13.1 Å². The molecule has 0 bridgehead atoms. The molecular weight excluding hydrogens is 285 g/mol. The highest BCUT2D eigenvalue weighted by Gasteiger charge is 2.21. The van der Waals surface area contributed by atoms with Crippen molar-refractivity contribution in [1.82, 2.24) is 5.32 Å². The number of piperidine rings is 1. The molecule has 0 radical (unpaired) electrons. The minimum Gasteiger partial charge on any atom is -0.392 e. The van der Waals surface area contributed by atoms with Crippen LogP contribution in [0.15, 0.2) is 22.7 Å². The Morgan fingerprint density at radius 1 is 1.47 bits per heavy atom. The van der Waals surface area contributed by atoms with Crippen molar-refractivity contribution in [3.63, 3.8) is 0 Å². The average Bonchev–Trinajstić information content (AvgIpc) is 2.28. The third kappa shape index (κ3) is 3.76. The van der Waals surface area contributed by atoms with Gasteiger partial charge in [0.05, 0.1) is 6.10 Å². The second-order valence-electron chi connectivity index (χ2n) is 4.66. The summed E-state index contributed by atoms with van der Waals surface area (Å²) >= 11 is 3.26. The van der Waals surface area contributed by atoms with Gasteiger partial charge >= 0.3 is 0 Å². The highest BCUT2D eigenvalue weighted by atomic mass is 79.9. The molecule has 2 unspecified atom stereocenters. The minimum atomic E-state index is -0.392. The van der Waals surface area contributed by atoms with E-state index in [9.17, 15) is 9.50 Å². The van der Waals surface area contributed by atoms with Crippen molar-refractivity contribution in [2.24, 2.45) is 5.92 Å². The van der Waals surface area contributed by atoms with Crippen molar-refractivity contribution < 1.29 is 9.50 Å². The smallest absolute Gasteiger partial charge is 0.124 e. The van der Waals surface area contributed by atoms with E-state index < -0.39 is 6.10 Å². The number of rotatable bonds is 3. The quantitative estimate of drug-likeness (QED) is 0.899. The summed E-state index contributed by atoms with van der Waals surface area (Å²) in [5, 5.41) is 13.4. The van der Waals surface area contributed by atoms with Gasteiger partial charge in [0.1, 0.15) is 5.82 Å². The van der Waals surface area contributed by atoms with Gasteiger partial charge in [0, 0.05) is 11.0 Å². The first kappa shape index (κ1) is 13.0. The van der Waals surface area contributed by atoms with Crippen molar-refractivity contribution >= 4 is 15.9 Å². The second-order valence-corrected chi connectivity index (χ2v) is 5.57. The average molecular weight is 302 g/mol. The van der Waals surface area contributed by atoms with Gasteiger partial charge in [0.2, 0.25) is 0 Å². The first-order valence-corrected chi connectivity index (χ1v) is 6.78. The monoisotopic (exact) mass is 301 g/mol. The number of hydrogen-bond donors (Lipinski definition) is 2. The highest BCUT2D eigenvalue weighted by molar-refractivity contribution is 9.10. The summed E-state index contributed by atoms with van der Waals surface area (Å²) in [7, 11) is 0. The maximum atomic E-state index is 13.2. The Bertz CT molecular complexity index is 359. The molecule has 1 aliphatic heterocycles. The molecule has 2 rings (SSSR count). The van der Waals surface area contributed by atoms with Crippen LogP contribution in [0, 0.1) is 11.7 Å². The van der Waals surface area contributed by atoms with Crippen molar-refractivity contribution in [3.8, 4) is 0 Å². The third-order valence-corrected chi connectivity index (χ3v) is 3.70. The Balaban J connectivity index is 1.99. The Kier molecular flexibility index (Phi) is 4.54. The van der Waals surface area contributed by atoms with E-state index >= 15 is 0 Å². The van der Waals surface area contributed by atoms with Crippen LogP contribution in [0.25, 0.3) is 0 Å². The number of hydrogen-bond acceptors (Lipinski definition) is 2. The largest absolute Gasteiger partial charge is 0.392 e. The molecule has 1 aromatic rings. The summed E-state index contributed by atoms with van der Waals surface area (Å²) < 4.78 is 13.9. The number of aliphatic hydroxyl groups excluding tert-OH is 1. The summed E-state index contributed by atoms with van der Waals surface area (Å²) in [6, 6.07) is 4.78. The van der Waals surface area contributed by atoms with Crippen LogP contribution in [0.1, 0.15) is 18.4 Å². The molecule has 0 amide bonds. The van der Waals surface area contributed by atoms with Gasteiger partial charge in [-0.3, -0.25) is 0 Å². The summed E-state index contributed by atoms with van der Waals surface area (Å²) in [5.74, 6) is 0.0223. The summed E-state index contributed by atoms with van der Waals surface area (Å²) in [5.41, 5.74) is 0.843. The van der Waals surface area contributed by atoms with Crippen molar-refractivity contribution in [1.29, 1.82) is 0 Å². The van der Waals surface area contributed by atoms with Gasteiger partial charge in [0.15, 0.2) is 0 Å². The summed E-state index contributed by atoms with van der Waals surface area (Å²) in [6.07, 6.45) is 2.28.